The average Bonchev–Trinajstić information content (AvgIpc) is 3.30. The minimum Gasteiger partial charge on any atom is -0.481 e. The molecule has 1 fully saturated rings. The van der Waals surface area contributed by atoms with Gasteiger partial charge in [-0.25, -0.2) is 9.37 Å². The van der Waals surface area contributed by atoms with Gasteiger partial charge in [-0.1, -0.05) is 37.8 Å². The number of aliphatic imine (C=N–C) groups is 1. The fourth-order valence-electron chi connectivity index (χ4n) is 5.52. The lowest BCUT2D eigenvalue weighted by Crippen LogP contribution is -2.42. The molecule has 0 radical (unpaired) electrons. The largest absolute Gasteiger partial charge is 0.481 e. The molecule has 2 amide bonds. The molecule has 1 aliphatic carbocycles. The molecule has 0 spiro atoms. The molecule has 11 heteroatoms. The van der Waals surface area contributed by atoms with Gasteiger partial charge < -0.3 is 15.4 Å². The zero-order chi connectivity index (χ0) is 30.6. The van der Waals surface area contributed by atoms with Gasteiger partial charge in [-0.15, -0.1) is 6.42 Å². The van der Waals surface area contributed by atoms with Gasteiger partial charge in [0.05, 0.1) is 12.1 Å². The van der Waals surface area contributed by atoms with Crippen molar-refractivity contribution in [2.24, 2.45) is 18.0 Å². The van der Waals surface area contributed by atoms with Crippen LogP contribution in [0.2, 0.25) is 5.02 Å². The van der Waals surface area contributed by atoms with E-state index in [0.717, 1.165) is 12.1 Å². The maximum atomic E-state index is 15.1. The summed E-state index contributed by atoms with van der Waals surface area (Å²) in [6, 6.07) is 4.66. The highest BCUT2D eigenvalue weighted by molar-refractivity contribution is 6.33. The van der Waals surface area contributed by atoms with E-state index >= 15 is 4.39 Å². The summed E-state index contributed by atoms with van der Waals surface area (Å²) in [5.74, 6) is 1.44. The number of anilines is 1. The Morgan fingerprint density at radius 3 is 2.74 bits per heavy atom. The molecule has 2 aromatic heterocycles. The molecule has 42 heavy (non-hydrogen) atoms. The van der Waals surface area contributed by atoms with E-state index in [2.05, 4.69) is 31.6 Å². The summed E-state index contributed by atoms with van der Waals surface area (Å²) in [5.41, 5.74) is 2.44. The van der Waals surface area contributed by atoms with E-state index in [4.69, 9.17) is 22.8 Å². The van der Waals surface area contributed by atoms with E-state index in [1.165, 1.54) is 32.5 Å². The van der Waals surface area contributed by atoms with E-state index < -0.39 is 11.7 Å². The van der Waals surface area contributed by atoms with Gasteiger partial charge in [0.15, 0.2) is 5.82 Å². The van der Waals surface area contributed by atoms with Crippen molar-refractivity contribution in [2.45, 2.75) is 51.5 Å². The summed E-state index contributed by atoms with van der Waals surface area (Å²) in [7, 11) is 4.71. The summed E-state index contributed by atoms with van der Waals surface area (Å²) < 4.78 is 22.0. The van der Waals surface area contributed by atoms with Crippen molar-refractivity contribution in [1.29, 1.82) is 0 Å². The number of ether oxygens (including phenoxy) is 1. The second-order valence-corrected chi connectivity index (χ2v) is 11.0. The lowest BCUT2D eigenvalue weighted by Gasteiger charge is -2.29. The lowest BCUT2D eigenvalue weighted by molar-refractivity contribution is -0.122. The molecule has 0 unspecified atom stereocenters. The van der Waals surface area contributed by atoms with Crippen molar-refractivity contribution >= 4 is 46.0 Å². The molecule has 3 aromatic rings. The topological polar surface area (TPSA) is 111 Å². The van der Waals surface area contributed by atoms with Gasteiger partial charge in [0.25, 0.3) is 5.91 Å². The van der Waals surface area contributed by atoms with Gasteiger partial charge >= 0.3 is 0 Å². The van der Waals surface area contributed by atoms with Crippen LogP contribution in [0.25, 0.3) is 22.0 Å². The van der Waals surface area contributed by atoms with Crippen LogP contribution in [0.3, 0.4) is 0 Å². The van der Waals surface area contributed by atoms with Crippen molar-refractivity contribution in [2.75, 3.05) is 19.5 Å². The van der Waals surface area contributed by atoms with E-state index in [1.54, 1.807) is 17.8 Å². The van der Waals surface area contributed by atoms with Crippen molar-refractivity contribution < 1.29 is 18.7 Å². The first-order chi connectivity index (χ1) is 20.1. The van der Waals surface area contributed by atoms with E-state index in [0.29, 0.717) is 52.1 Å². The summed E-state index contributed by atoms with van der Waals surface area (Å²) in [4.78, 5) is 34.4. The van der Waals surface area contributed by atoms with Gasteiger partial charge in [-0.3, -0.25) is 19.3 Å². The number of fused-ring (bicyclic) bond motifs is 1. The average molecular weight is 593 g/mol. The third kappa shape index (κ3) is 6.47. The van der Waals surface area contributed by atoms with Crippen molar-refractivity contribution in [3.8, 4) is 23.5 Å². The molecule has 2 N–H and O–H groups in total. The summed E-state index contributed by atoms with van der Waals surface area (Å²) >= 11 is 6.49. The Balaban J connectivity index is 1.52. The van der Waals surface area contributed by atoms with E-state index in [1.807, 2.05) is 19.9 Å². The number of pyridine rings is 1. The monoisotopic (exact) mass is 592 g/mol. The van der Waals surface area contributed by atoms with Gasteiger partial charge in [0.2, 0.25) is 11.8 Å². The van der Waals surface area contributed by atoms with Crippen LogP contribution in [0.1, 0.15) is 51.1 Å². The molecular formula is C31H34ClFN6O3. The molecule has 0 bridgehead atoms. The highest BCUT2D eigenvalue weighted by atomic mass is 35.5. The number of methoxy groups -OCH3 is 1. The lowest BCUT2D eigenvalue weighted by atomic mass is 9.85. The van der Waals surface area contributed by atoms with Crippen molar-refractivity contribution in [3.05, 3.63) is 52.6 Å². The SMILES string of the molecule is C#C/C=C(C(=O)N[C@@H]1CCC[C@H](C(=O)Nc2cc(-c3cc(F)c4nn(C)c(C(C)C)c4c3)c(Cl)cn2)C1)\C(=N/C)OC. The Bertz CT molecular complexity index is 1620. The molecule has 220 valence electrons. The maximum absolute atomic E-state index is 15.1. The molecular weight excluding hydrogens is 559 g/mol. The summed E-state index contributed by atoms with van der Waals surface area (Å²) in [5, 5.41) is 11.2. The molecule has 2 atom stereocenters. The Hall–Kier alpha value is -4.23. The third-order valence-corrected chi connectivity index (χ3v) is 7.68. The standard InChI is InChI=1S/C31H34ClFN6O3/c1-7-9-21(31(34-4)42-6)30(41)36-20-11-8-10-18(12-20)29(40)37-26-15-22(24(32)16-35-26)19-13-23-27(25(33)14-19)38-39(5)28(23)17(2)3/h1,9,13-18,20H,8,10-12H2,2-6H3,(H,36,41)(H,35,37,40)/b21-9-,34-31+/t18-,20+/m0/s1. The van der Waals surface area contributed by atoms with Gasteiger partial charge in [0, 0.05) is 55.0 Å². The minimum absolute atomic E-state index is 0.128. The molecule has 0 aliphatic heterocycles. The van der Waals surface area contributed by atoms with Crippen LogP contribution in [0.15, 0.2) is 41.0 Å². The molecule has 9 nitrogen and oxygen atoms in total. The van der Waals surface area contributed by atoms with Crippen LogP contribution in [-0.4, -0.2) is 52.7 Å². The number of aryl methyl sites for hydroxylation is 1. The second-order valence-electron chi connectivity index (χ2n) is 10.5. The molecule has 1 aromatic carbocycles. The Kier molecular flexibility index (Phi) is 9.63. The number of halogens is 2. The fraction of sp³-hybridized carbons (Fsp3) is 0.387. The number of aromatic nitrogens is 3. The van der Waals surface area contributed by atoms with Crippen LogP contribution in [0.5, 0.6) is 0 Å². The Morgan fingerprint density at radius 1 is 1.31 bits per heavy atom. The molecule has 1 aliphatic rings. The quantitative estimate of drug-likeness (QED) is 0.165. The van der Waals surface area contributed by atoms with Crippen LogP contribution in [0, 0.1) is 24.1 Å². The first kappa shape index (κ1) is 30.7. The zero-order valence-corrected chi connectivity index (χ0v) is 25.1. The number of rotatable bonds is 7. The Labute approximate surface area is 249 Å². The summed E-state index contributed by atoms with van der Waals surface area (Å²) in [6.45, 7) is 4.05. The van der Waals surface area contributed by atoms with Crippen LogP contribution < -0.4 is 10.6 Å². The number of nitrogens with zero attached hydrogens (tertiary/aromatic N) is 4. The number of carbonyl (C=O) groups is 2. The molecule has 0 saturated heterocycles. The van der Waals surface area contributed by atoms with Gasteiger partial charge in [0.1, 0.15) is 16.9 Å². The summed E-state index contributed by atoms with van der Waals surface area (Å²) in [6.07, 6.45) is 10.7. The predicted octanol–water partition coefficient (Wildman–Crippen LogP) is 5.40. The number of carbonyl (C=O) groups excluding carboxylic acids is 2. The second kappa shape index (κ2) is 13.2. The predicted molar refractivity (Wildman–Crippen MR) is 163 cm³/mol. The number of allylic oxidation sites excluding steroid dienone is 1. The first-order valence-electron chi connectivity index (χ1n) is 13.7. The van der Waals surface area contributed by atoms with Crippen molar-refractivity contribution in [3.63, 3.8) is 0 Å². The highest BCUT2D eigenvalue weighted by Gasteiger charge is 2.30. The van der Waals surface area contributed by atoms with E-state index in [9.17, 15) is 9.59 Å². The van der Waals surface area contributed by atoms with Crippen LogP contribution in [0.4, 0.5) is 10.2 Å². The van der Waals surface area contributed by atoms with Gasteiger partial charge in [-0.05, 0) is 48.9 Å². The number of nitrogens with one attached hydrogen (secondary N) is 2. The van der Waals surface area contributed by atoms with Crippen molar-refractivity contribution in [1.82, 2.24) is 20.1 Å². The van der Waals surface area contributed by atoms with E-state index in [-0.39, 0.29) is 35.3 Å². The maximum Gasteiger partial charge on any atom is 0.257 e. The number of benzene rings is 1. The first-order valence-corrected chi connectivity index (χ1v) is 14.1. The normalized spacial score (nSPS) is 17.7. The smallest absolute Gasteiger partial charge is 0.257 e. The number of hydrogen-bond donors (Lipinski definition) is 2. The molecule has 4 rings (SSSR count). The number of amides is 2. The van der Waals surface area contributed by atoms with Crippen LogP contribution >= 0.6 is 11.6 Å². The van der Waals surface area contributed by atoms with Crippen LogP contribution in [-0.2, 0) is 21.4 Å². The Morgan fingerprint density at radius 2 is 2.07 bits per heavy atom. The molecule has 1 saturated carbocycles. The highest BCUT2D eigenvalue weighted by Crippen LogP contribution is 2.35. The molecule has 2 heterocycles. The minimum atomic E-state index is -0.457. The number of hydrogen-bond acceptors (Lipinski definition) is 6. The fourth-order valence-corrected chi connectivity index (χ4v) is 5.73. The zero-order valence-electron chi connectivity index (χ0n) is 24.3. The van der Waals surface area contributed by atoms with Gasteiger partial charge in [-0.2, -0.15) is 5.10 Å². The third-order valence-electron chi connectivity index (χ3n) is 7.38. The number of terminal acetylenes is 1.